The molecule has 1 atom stereocenters. The number of aromatic nitrogens is 2. The zero-order valence-electron chi connectivity index (χ0n) is 21.9. The van der Waals surface area contributed by atoms with Crippen LogP contribution in [0.1, 0.15) is 58.2 Å². The van der Waals surface area contributed by atoms with Crippen molar-refractivity contribution in [2.45, 2.75) is 66.0 Å². The van der Waals surface area contributed by atoms with Crippen molar-refractivity contribution in [1.29, 1.82) is 0 Å². The van der Waals surface area contributed by atoms with Crippen LogP contribution in [-0.4, -0.2) is 46.1 Å². The standard InChI is InChI=1S/C29H41N3O3/c1-6-8-14-24(33)20-31(19-22(3)4)21-27-28(7-2)30-32(23-12-10-9-11-13-23)29(27)35-26-17-15-25(34-5)16-18-26/h9-13,15-18,22,24,33H,6-8,14,19-21H2,1-5H3. The predicted molar refractivity (Wildman–Crippen MR) is 142 cm³/mol. The summed E-state index contributed by atoms with van der Waals surface area (Å²) in [4.78, 5) is 2.34. The quantitative estimate of drug-likeness (QED) is 0.296. The van der Waals surface area contributed by atoms with Gasteiger partial charge in [0.25, 0.3) is 0 Å². The van der Waals surface area contributed by atoms with Crippen molar-refractivity contribution >= 4 is 0 Å². The van der Waals surface area contributed by atoms with E-state index in [0.29, 0.717) is 19.0 Å². The van der Waals surface area contributed by atoms with Gasteiger partial charge in [-0.2, -0.15) is 5.10 Å². The highest BCUT2D eigenvalue weighted by atomic mass is 16.5. The molecule has 2 aromatic carbocycles. The highest BCUT2D eigenvalue weighted by Gasteiger charge is 2.24. The summed E-state index contributed by atoms with van der Waals surface area (Å²) in [6.45, 7) is 10.9. The Bertz CT molecular complexity index is 1020. The number of aliphatic hydroxyl groups excluding tert-OH is 1. The largest absolute Gasteiger partial charge is 0.497 e. The molecule has 0 saturated carbocycles. The monoisotopic (exact) mass is 479 g/mol. The van der Waals surface area contributed by atoms with Crippen LogP contribution >= 0.6 is 0 Å². The van der Waals surface area contributed by atoms with E-state index in [-0.39, 0.29) is 6.10 Å². The smallest absolute Gasteiger partial charge is 0.227 e. The molecule has 35 heavy (non-hydrogen) atoms. The molecule has 1 unspecified atom stereocenters. The third-order valence-corrected chi connectivity index (χ3v) is 5.99. The summed E-state index contributed by atoms with van der Waals surface area (Å²) in [5.41, 5.74) is 3.03. The van der Waals surface area contributed by atoms with Crippen LogP contribution < -0.4 is 9.47 Å². The molecule has 6 nitrogen and oxygen atoms in total. The molecule has 0 amide bonds. The van der Waals surface area contributed by atoms with Crippen molar-refractivity contribution in [2.75, 3.05) is 20.2 Å². The summed E-state index contributed by atoms with van der Waals surface area (Å²) in [7, 11) is 1.66. The molecule has 0 spiro atoms. The second kappa shape index (κ2) is 13.3. The predicted octanol–water partition coefficient (Wildman–Crippen LogP) is 6.24. The lowest BCUT2D eigenvalue weighted by atomic mass is 10.1. The van der Waals surface area contributed by atoms with E-state index in [1.54, 1.807) is 7.11 Å². The normalized spacial score (nSPS) is 12.3. The van der Waals surface area contributed by atoms with Crippen molar-refractivity contribution in [1.82, 2.24) is 14.7 Å². The van der Waals surface area contributed by atoms with Gasteiger partial charge in [-0.05, 0) is 55.2 Å². The van der Waals surface area contributed by atoms with Crippen molar-refractivity contribution < 1.29 is 14.6 Å². The second-order valence-electron chi connectivity index (χ2n) is 9.49. The number of hydrogen-bond acceptors (Lipinski definition) is 5. The lowest BCUT2D eigenvalue weighted by Crippen LogP contribution is -2.35. The van der Waals surface area contributed by atoms with Gasteiger partial charge in [-0.3, -0.25) is 4.90 Å². The number of unbranched alkanes of at least 4 members (excludes halogenated alkanes) is 1. The van der Waals surface area contributed by atoms with Gasteiger partial charge in [0.15, 0.2) is 0 Å². The van der Waals surface area contributed by atoms with E-state index in [0.717, 1.165) is 66.6 Å². The lowest BCUT2D eigenvalue weighted by Gasteiger charge is -2.27. The number of aryl methyl sites for hydroxylation is 1. The second-order valence-corrected chi connectivity index (χ2v) is 9.49. The van der Waals surface area contributed by atoms with E-state index in [1.807, 2.05) is 59.3 Å². The maximum Gasteiger partial charge on any atom is 0.227 e. The molecule has 190 valence electrons. The molecule has 0 radical (unpaired) electrons. The molecule has 0 bridgehead atoms. The minimum Gasteiger partial charge on any atom is -0.497 e. The van der Waals surface area contributed by atoms with Crippen LogP contribution in [0.4, 0.5) is 0 Å². The van der Waals surface area contributed by atoms with Crippen molar-refractivity contribution in [2.24, 2.45) is 5.92 Å². The van der Waals surface area contributed by atoms with Gasteiger partial charge < -0.3 is 14.6 Å². The Hall–Kier alpha value is -2.83. The summed E-state index contributed by atoms with van der Waals surface area (Å²) in [5.74, 6) is 2.71. The fraction of sp³-hybridized carbons (Fsp3) is 0.483. The van der Waals surface area contributed by atoms with Gasteiger partial charge in [0.2, 0.25) is 5.88 Å². The molecule has 3 aromatic rings. The molecule has 0 fully saturated rings. The van der Waals surface area contributed by atoms with Crippen LogP contribution in [0.15, 0.2) is 54.6 Å². The fourth-order valence-corrected chi connectivity index (χ4v) is 4.30. The molecule has 3 rings (SSSR count). The topological polar surface area (TPSA) is 59.8 Å². The van der Waals surface area contributed by atoms with Crippen LogP contribution in [-0.2, 0) is 13.0 Å². The average molecular weight is 480 g/mol. The van der Waals surface area contributed by atoms with Crippen molar-refractivity contribution in [3.05, 3.63) is 65.9 Å². The summed E-state index contributed by atoms with van der Waals surface area (Å²) < 4.78 is 13.7. The number of nitrogens with zero attached hydrogens (tertiary/aromatic N) is 3. The number of hydrogen-bond donors (Lipinski definition) is 1. The molecule has 1 heterocycles. The van der Waals surface area contributed by atoms with Gasteiger partial charge in [0.05, 0.1) is 30.2 Å². The van der Waals surface area contributed by atoms with E-state index in [1.165, 1.54) is 0 Å². The van der Waals surface area contributed by atoms with Gasteiger partial charge in [0.1, 0.15) is 11.5 Å². The lowest BCUT2D eigenvalue weighted by molar-refractivity contribution is 0.0927. The minimum absolute atomic E-state index is 0.339. The molecule has 0 aliphatic carbocycles. The van der Waals surface area contributed by atoms with E-state index in [2.05, 4.69) is 32.6 Å². The minimum atomic E-state index is -0.339. The van der Waals surface area contributed by atoms with Crippen LogP contribution in [0.2, 0.25) is 0 Å². The van der Waals surface area contributed by atoms with Gasteiger partial charge in [0, 0.05) is 19.6 Å². The maximum absolute atomic E-state index is 10.7. The highest BCUT2D eigenvalue weighted by Crippen LogP contribution is 2.33. The van der Waals surface area contributed by atoms with Gasteiger partial charge in [-0.15, -0.1) is 0 Å². The first-order valence-corrected chi connectivity index (χ1v) is 12.8. The highest BCUT2D eigenvalue weighted by molar-refractivity contribution is 5.44. The molecule has 0 saturated heterocycles. The summed E-state index contributed by atoms with van der Waals surface area (Å²) >= 11 is 0. The summed E-state index contributed by atoms with van der Waals surface area (Å²) in [6, 6.07) is 17.7. The Labute approximate surface area is 210 Å². The molecular formula is C29H41N3O3. The molecule has 1 aromatic heterocycles. The third kappa shape index (κ3) is 7.58. The zero-order chi connectivity index (χ0) is 25.2. The summed E-state index contributed by atoms with van der Waals surface area (Å²) in [6.07, 6.45) is 3.40. The fourth-order valence-electron chi connectivity index (χ4n) is 4.30. The number of aliphatic hydroxyl groups is 1. The number of ether oxygens (including phenoxy) is 2. The Morgan fingerprint density at radius 2 is 1.66 bits per heavy atom. The number of para-hydroxylation sites is 1. The molecular weight excluding hydrogens is 438 g/mol. The van der Waals surface area contributed by atoms with Crippen LogP contribution in [0.3, 0.4) is 0 Å². The molecule has 0 aliphatic heterocycles. The van der Waals surface area contributed by atoms with Crippen LogP contribution in [0.25, 0.3) is 5.69 Å². The SMILES string of the molecule is CCCCC(O)CN(Cc1c(CC)nn(-c2ccccc2)c1Oc1ccc(OC)cc1)CC(C)C. The first-order valence-electron chi connectivity index (χ1n) is 12.8. The Morgan fingerprint density at radius 1 is 0.971 bits per heavy atom. The van der Waals surface area contributed by atoms with E-state index < -0.39 is 0 Å². The van der Waals surface area contributed by atoms with Crippen molar-refractivity contribution in [3.63, 3.8) is 0 Å². The van der Waals surface area contributed by atoms with Crippen molar-refractivity contribution in [3.8, 4) is 23.1 Å². The zero-order valence-corrected chi connectivity index (χ0v) is 21.9. The van der Waals surface area contributed by atoms with Gasteiger partial charge >= 0.3 is 0 Å². The first kappa shape index (κ1) is 26.8. The van der Waals surface area contributed by atoms with Crippen LogP contribution in [0.5, 0.6) is 17.4 Å². The Morgan fingerprint density at radius 3 is 2.26 bits per heavy atom. The number of methoxy groups -OCH3 is 1. The number of benzene rings is 2. The molecule has 6 heteroatoms. The third-order valence-electron chi connectivity index (χ3n) is 5.99. The van der Waals surface area contributed by atoms with Gasteiger partial charge in [-0.25, -0.2) is 4.68 Å². The average Bonchev–Trinajstić information content (AvgIpc) is 3.20. The van der Waals surface area contributed by atoms with E-state index in [4.69, 9.17) is 14.6 Å². The molecule has 0 aliphatic rings. The Kier molecular flexibility index (Phi) is 10.2. The summed E-state index contributed by atoms with van der Waals surface area (Å²) in [5, 5.41) is 15.7. The number of rotatable bonds is 14. The molecule has 1 N–H and O–H groups in total. The van der Waals surface area contributed by atoms with E-state index >= 15 is 0 Å². The van der Waals surface area contributed by atoms with E-state index in [9.17, 15) is 5.11 Å². The maximum atomic E-state index is 10.7. The van der Waals surface area contributed by atoms with Crippen LogP contribution in [0, 0.1) is 5.92 Å². The Balaban J connectivity index is 2.00. The first-order chi connectivity index (χ1) is 16.9. The van der Waals surface area contributed by atoms with Gasteiger partial charge in [-0.1, -0.05) is 58.7 Å².